The van der Waals surface area contributed by atoms with Crippen molar-refractivity contribution < 1.29 is 18.0 Å². The van der Waals surface area contributed by atoms with E-state index in [9.17, 15) is 23.2 Å². The van der Waals surface area contributed by atoms with Gasteiger partial charge in [-0.3, -0.25) is 4.79 Å². The zero-order valence-corrected chi connectivity index (χ0v) is 16.6. The molecule has 2 rings (SSSR count). The van der Waals surface area contributed by atoms with E-state index in [4.69, 9.17) is 11.6 Å². The summed E-state index contributed by atoms with van der Waals surface area (Å²) in [5, 5.41) is 14.1. The third-order valence-electron chi connectivity index (χ3n) is 4.25. The average Bonchev–Trinajstić information content (AvgIpc) is 2.68. The Bertz CT molecular complexity index is 956. The number of aryl methyl sites for hydroxylation is 2. The molecule has 0 aliphatic heterocycles. The topological polar surface area (TPSA) is 64.9 Å². The quantitative estimate of drug-likeness (QED) is 0.448. The van der Waals surface area contributed by atoms with Gasteiger partial charge in [0.15, 0.2) is 0 Å². The minimum atomic E-state index is -4.66. The molecule has 0 aliphatic rings. The molecule has 0 aromatic heterocycles. The average molecular weight is 422 g/mol. The number of carbonyl (C=O) groups excluding carboxylic acids is 1. The molecule has 1 amide bonds. The number of anilines is 2. The van der Waals surface area contributed by atoms with Crippen molar-refractivity contribution in [2.24, 2.45) is 0 Å². The lowest BCUT2D eigenvalue weighted by atomic mass is 10.0. The zero-order valence-electron chi connectivity index (χ0n) is 15.8. The van der Waals surface area contributed by atoms with Crippen molar-refractivity contribution in [1.29, 1.82) is 5.26 Å². The number of alkyl halides is 3. The molecule has 152 valence electrons. The first-order valence-corrected chi connectivity index (χ1v) is 9.24. The molecule has 2 aromatic carbocycles. The number of nitrogens with one attached hydrogen (secondary N) is 2. The Balaban J connectivity index is 2.26. The molecular weight excluding hydrogens is 403 g/mol. The molecule has 2 aromatic rings. The van der Waals surface area contributed by atoms with E-state index >= 15 is 0 Å². The van der Waals surface area contributed by atoms with Gasteiger partial charge >= 0.3 is 6.18 Å². The highest BCUT2D eigenvalue weighted by Gasteiger charge is 2.33. The summed E-state index contributed by atoms with van der Waals surface area (Å²) in [6.07, 6.45) is -1.90. The van der Waals surface area contributed by atoms with Crippen molar-refractivity contribution in [3.05, 3.63) is 69.9 Å². The summed E-state index contributed by atoms with van der Waals surface area (Å²) in [6, 6.07) is 10.6. The number of nitrogens with zero attached hydrogens (tertiary/aromatic N) is 1. The van der Waals surface area contributed by atoms with Gasteiger partial charge in [-0.15, -0.1) is 0 Å². The van der Waals surface area contributed by atoms with Gasteiger partial charge in [0.05, 0.1) is 10.6 Å². The van der Waals surface area contributed by atoms with E-state index in [-0.39, 0.29) is 11.3 Å². The van der Waals surface area contributed by atoms with Crippen molar-refractivity contribution in [2.75, 3.05) is 10.6 Å². The molecule has 8 heteroatoms. The lowest BCUT2D eigenvalue weighted by molar-refractivity contribution is -0.137. The predicted molar refractivity (Wildman–Crippen MR) is 108 cm³/mol. The second-order valence-electron chi connectivity index (χ2n) is 6.12. The van der Waals surface area contributed by atoms with E-state index in [0.29, 0.717) is 0 Å². The summed E-state index contributed by atoms with van der Waals surface area (Å²) in [5.41, 5.74) is 1.39. The normalized spacial score (nSPS) is 11.7. The van der Waals surface area contributed by atoms with Crippen LogP contribution in [0.4, 0.5) is 24.5 Å². The van der Waals surface area contributed by atoms with Gasteiger partial charge in [-0.05, 0) is 42.2 Å². The van der Waals surface area contributed by atoms with Crippen molar-refractivity contribution in [1.82, 2.24) is 0 Å². The Kier molecular flexibility index (Phi) is 7.29. The maximum Gasteiger partial charge on any atom is 0.417 e. The third-order valence-corrected chi connectivity index (χ3v) is 4.58. The molecule has 0 bridgehead atoms. The summed E-state index contributed by atoms with van der Waals surface area (Å²) in [7, 11) is 0. The minimum Gasteiger partial charge on any atom is -0.360 e. The molecule has 0 saturated carbocycles. The molecule has 0 saturated heterocycles. The number of hydrogen-bond donors (Lipinski definition) is 2. The van der Waals surface area contributed by atoms with E-state index in [1.54, 1.807) is 6.07 Å². The fourth-order valence-corrected chi connectivity index (χ4v) is 2.96. The summed E-state index contributed by atoms with van der Waals surface area (Å²) >= 11 is 5.58. The molecule has 0 atom stereocenters. The van der Waals surface area contributed by atoms with Crippen LogP contribution in [0.2, 0.25) is 5.02 Å². The first-order chi connectivity index (χ1) is 13.7. The van der Waals surface area contributed by atoms with Crippen LogP contribution in [-0.4, -0.2) is 5.91 Å². The second-order valence-corrected chi connectivity index (χ2v) is 6.53. The van der Waals surface area contributed by atoms with Crippen LogP contribution >= 0.6 is 11.6 Å². The number of carbonyl (C=O) groups is 1. The van der Waals surface area contributed by atoms with Crippen LogP contribution in [0.1, 0.15) is 30.5 Å². The van der Waals surface area contributed by atoms with Crippen molar-refractivity contribution in [3.63, 3.8) is 0 Å². The van der Waals surface area contributed by atoms with Crippen LogP contribution in [0.5, 0.6) is 0 Å². The van der Waals surface area contributed by atoms with E-state index < -0.39 is 22.7 Å². The smallest absolute Gasteiger partial charge is 0.360 e. The summed E-state index contributed by atoms with van der Waals surface area (Å²) in [4.78, 5) is 12.4. The van der Waals surface area contributed by atoms with Gasteiger partial charge < -0.3 is 10.6 Å². The molecule has 0 aliphatic carbocycles. The molecule has 29 heavy (non-hydrogen) atoms. The number of para-hydroxylation sites is 1. The highest BCUT2D eigenvalue weighted by atomic mass is 35.5. The van der Waals surface area contributed by atoms with Gasteiger partial charge in [-0.2, -0.15) is 18.4 Å². The van der Waals surface area contributed by atoms with Gasteiger partial charge in [-0.25, -0.2) is 0 Å². The Morgan fingerprint density at radius 1 is 1.17 bits per heavy atom. The SMILES string of the molecule is CCc1cccc(CC)c1N/C=C(/C#N)C(=O)Nc1ccc(Cl)c(C(F)(F)F)c1. The number of hydrogen-bond acceptors (Lipinski definition) is 3. The Morgan fingerprint density at radius 3 is 2.31 bits per heavy atom. The summed E-state index contributed by atoms with van der Waals surface area (Å²) in [5.74, 6) is -0.831. The van der Waals surface area contributed by atoms with Crippen molar-refractivity contribution in [3.8, 4) is 6.07 Å². The number of rotatable bonds is 6. The van der Waals surface area contributed by atoms with Gasteiger partial charge in [-0.1, -0.05) is 43.6 Å². The zero-order chi connectivity index (χ0) is 21.6. The van der Waals surface area contributed by atoms with E-state index in [1.807, 2.05) is 32.0 Å². The van der Waals surface area contributed by atoms with Crippen LogP contribution in [0.3, 0.4) is 0 Å². The van der Waals surface area contributed by atoms with Crippen LogP contribution in [0.15, 0.2) is 48.2 Å². The number of nitriles is 1. The molecule has 0 radical (unpaired) electrons. The second kappa shape index (κ2) is 9.48. The largest absolute Gasteiger partial charge is 0.417 e. The first kappa shape index (κ1) is 22.3. The number of amides is 1. The monoisotopic (exact) mass is 421 g/mol. The predicted octanol–water partition coefficient (Wildman–Crippen LogP) is 5.94. The Hall–Kier alpha value is -2.98. The molecule has 2 N–H and O–H groups in total. The molecule has 0 spiro atoms. The highest BCUT2D eigenvalue weighted by molar-refractivity contribution is 6.31. The van der Waals surface area contributed by atoms with E-state index in [1.165, 1.54) is 12.3 Å². The van der Waals surface area contributed by atoms with Crippen molar-refractivity contribution >= 4 is 28.9 Å². The van der Waals surface area contributed by atoms with Gasteiger partial charge in [0.2, 0.25) is 0 Å². The standard InChI is InChI=1S/C21H19ClF3N3O/c1-3-13-6-5-7-14(4-2)19(13)27-12-15(11-26)20(29)28-16-8-9-18(22)17(10-16)21(23,24)25/h5-10,12,27H,3-4H2,1-2H3,(H,28,29)/b15-12-. The van der Waals surface area contributed by atoms with Crippen LogP contribution in [0.25, 0.3) is 0 Å². The number of halogens is 4. The van der Waals surface area contributed by atoms with E-state index in [2.05, 4.69) is 10.6 Å². The highest BCUT2D eigenvalue weighted by Crippen LogP contribution is 2.36. The van der Waals surface area contributed by atoms with Gasteiger partial charge in [0.25, 0.3) is 5.91 Å². The summed E-state index contributed by atoms with van der Waals surface area (Å²) < 4.78 is 38.9. The van der Waals surface area contributed by atoms with Crippen molar-refractivity contribution in [2.45, 2.75) is 32.9 Å². The fourth-order valence-electron chi connectivity index (χ4n) is 2.74. The van der Waals surface area contributed by atoms with Crippen LogP contribution in [-0.2, 0) is 23.8 Å². The third kappa shape index (κ3) is 5.52. The van der Waals surface area contributed by atoms with Gasteiger partial charge in [0.1, 0.15) is 11.6 Å². The summed E-state index contributed by atoms with van der Waals surface area (Å²) in [6.45, 7) is 3.97. The van der Waals surface area contributed by atoms with Gasteiger partial charge in [0, 0.05) is 17.6 Å². The lowest BCUT2D eigenvalue weighted by Gasteiger charge is -2.13. The van der Waals surface area contributed by atoms with Crippen LogP contribution < -0.4 is 10.6 Å². The maximum atomic E-state index is 13.0. The molecule has 0 fully saturated rings. The maximum absolute atomic E-state index is 13.0. The Morgan fingerprint density at radius 2 is 1.79 bits per heavy atom. The number of benzene rings is 2. The fraction of sp³-hybridized carbons (Fsp3) is 0.238. The molecule has 0 unspecified atom stereocenters. The molecule has 4 nitrogen and oxygen atoms in total. The Labute approximate surface area is 172 Å². The first-order valence-electron chi connectivity index (χ1n) is 8.86. The molecular formula is C21H19ClF3N3O. The van der Waals surface area contributed by atoms with E-state index in [0.717, 1.165) is 41.8 Å². The minimum absolute atomic E-state index is 0.115. The van der Waals surface area contributed by atoms with Crippen LogP contribution in [0, 0.1) is 11.3 Å². The lowest BCUT2D eigenvalue weighted by Crippen LogP contribution is -2.16. The molecule has 0 heterocycles.